The molecule has 2 heterocycles. The predicted molar refractivity (Wildman–Crippen MR) is 53.8 cm³/mol. The molecule has 92 valence electrons. The molecule has 2 fully saturated rings. The van der Waals surface area contributed by atoms with Crippen molar-refractivity contribution < 1.29 is 24.9 Å². The summed E-state index contributed by atoms with van der Waals surface area (Å²) in [4.78, 5) is 12.3. The van der Waals surface area contributed by atoms with Crippen LogP contribution in [0.5, 0.6) is 0 Å². The van der Waals surface area contributed by atoms with Crippen molar-refractivity contribution in [2.75, 3.05) is 19.7 Å². The largest absolute Gasteiger partial charge is 0.394 e. The lowest BCUT2D eigenvalue weighted by molar-refractivity contribution is -0.197. The number of ether oxygens (including phenoxy) is 1. The molecule has 0 amide bonds. The van der Waals surface area contributed by atoms with Crippen molar-refractivity contribution in [3.8, 4) is 0 Å². The second kappa shape index (κ2) is 4.77. The lowest BCUT2D eigenvalue weighted by atomic mass is 9.93. The van der Waals surface area contributed by atoms with E-state index in [1.165, 1.54) is 0 Å². The van der Waals surface area contributed by atoms with Crippen LogP contribution < -0.4 is 0 Å². The molecule has 0 spiro atoms. The van der Waals surface area contributed by atoms with Gasteiger partial charge in [0.1, 0.15) is 24.6 Å². The Kier molecular flexibility index (Phi) is 3.56. The molecule has 0 aromatic rings. The summed E-state index contributed by atoms with van der Waals surface area (Å²) in [5.74, 6) is 0. The molecule has 5 atom stereocenters. The highest BCUT2D eigenvalue weighted by Gasteiger charge is 2.49. The minimum absolute atomic E-state index is 0.213. The standard InChI is InChI=1S/C10H17NO5/c12-4-3-11-2-1-6-8(11)10(15)9(14)7(5-13)16-6/h4,6-10,13-15H,1-3,5H2/t6-,7-,8+,9+,10-/m1/s1. The van der Waals surface area contributed by atoms with E-state index in [0.29, 0.717) is 13.0 Å². The van der Waals surface area contributed by atoms with E-state index in [2.05, 4.69) is 0 Å². The summed E-state index contributed by atoms with van der Waals surface area (Å²) in [6, 6.07) is -0.344. The van der Waals surface area contributed by atoms with Crippen LogP contribution >= 0.6 is 0 Å². The second-order valence-electron chi connectivity index (χ2n) is 4.32. The zero-order chi connectivity index (χ0) is 11.7. The van der Waals surface area contributed by atoms with Gasteiger partial charge in [-0.3, -0.25) is 4.90 Å². The van der Waals surface area contributed by atoms with Crippen molar-refractivity contribution >= 4 is 6.29 Å². The summed E-state index contributed by atoms with van der Waals surface area (Å²) >= 11 is 0. The Morgan fingerprint density at radius 1 is 1.38 bits per heavy atom. The highest BCUT2D eigenvalue weighted by atomic mass is 16.5. The van der Waals surface area contributed by atoms with Crippen molar-refractivity contribution in [1.29, 1.82) is 0 Å². The Balaban J connectivity index is 2.10. The number of aliphatic hydroxyl groups is 3. The smallest absolute Gasteiger partial charge is 0.133 e. The molecule has 0 aromatic heterocycles. The highest BCUT2D eigenvalue weighted by Crippen LogP contribution is 2.31. The van der Waals surface area contributed by atoms with E-state index in [9.17, 15) is 15.0 Å². The van der Waals surface area contributed by atoms with Crippen LogP contribution in [0.2, 0.25) is 0 Å². The third-order valence-corrected chi connectivity index (χ3v) is 3.42. The topological polar surface area (TPSA) is 90.2 Å². The number of nitrogens with zero attached hydrogens (tertiary/aromatic N) is 1. The van der Waals surface area contributed by atoms with Gasteiger partial charge in [0.25, 0.3) is 0 Å². The maximum atomic E-state index is 10.5. The fourth-order valence-corrected chi connectivity index (χ4v) is 2.62. The van der Waals surface area contributed by atoms with E-state index in [0.717, 1.165) is 6.29 Å². The van der Waals surface area contributed by atoms with Crippen LogP contribution in [0, 0.1) is 0 Å². The normalized spacial score (nSPS) is 44.3. The summed E-state index contributed by atoms with van der Waals surface area (Å²) in [6.07, 6.45) is -1.53. The molecule has 0 unspecified atom stereocenters. The van der Waals surface area contributed by atoms with E-state index in [4.69, 9.17) is 9.84 Å². The van der Waals surface area contributed by atoms with Crippen molar-refractivity contribution in [3.05, 3.63) is 0 Å². The Morgan fingerprint density at radius 2 is 2.12 bits per heavy atom. The molecule has 16 heavy (non-hydrogen) atoms. The van der Waals surface area contributed by atoms with Gasteiger partial charge in [0.2, 0.25) is 0 Å². The molecule has 0 saturated carbocycles. The number of hydrogen-bond donors (Lipinski definition) is 3. The van der Waals surface area contributed by atoms with Crippen molar-refractivity contribution in [2.45, 2.75) is 36.9 Å². The quantitative estimate of drug-likeness (QED) is 0.475. The van der Waals surface area contributed by atoms with Gasteiger partial charge < -0.3 is 24.9 Å². The molecule has 0 aromatic carbocycles. The Bertz CT molecular complexity index is 262. The van der Waals surface area contributed by atoms with Crippen molar-refractivity contribution in [1.82, 2.24) is 4.90 Å². The summed E-state index contributed by atoms with van der Waals surface area (Å²) in [5, 5.41) is 28.7. The van der Waals surface area contributed by atoms with Crippen LogP contribution in [0.3, 0.4) is 0 Å². The number of fused-ring (bicyclic) bond motifs is 1. The fraction of sp³-hybridized carbons (Fsp3) is 0.900. The average Bonchev–Trinajstić information content (AvgIpc) is 2.67. The lowest BCUT2D eigenvalue weighted by Crippen LogP contribution is -2.60. The van der Waals surface area contributed by atoms with Crippen molar-refractivity contribution in [2.24, 2.45) is 0 Å². The summed E-state index contributed by atoms with van der Waals surface area (Å²) in [6.45, 7) is 0.587. The van der Waals surface area contributed by atoms with Gasteiger partial charge >= 0.3 is 0 Å². The van der Waals surface area contributed by atoms with Gasteiger partial charge in [-0.15, -0.1) is 0 Å². The van der Waals surface area contributed by atoms with E-state index < -0.39 is 18.3 Å². The average molecular weight is 231 g/mol. The third kappa shape index (κ3) is 1.87. The first-order valence-electron chi connectivity index (χ1n) is 5.49. The minimum atomic E-state index is -1.10. The number of aldehydes is 1. The first-order valence-corrected chi connectivity index (χ1v) is 5.49. The molecule has 0 aliphatic carbocycles. The number of likely N-dealkylation sites (tertiary alicyclic amines) is 1. The van der Waals surface area contributed by atoms with Gasteiger partial charge in [-0.2, -0.15) is 0 Å². The summed E-state index contributed by atoms with van der Waals surface area (Å²) in [5.41, 5.74) is 0. The lowest BCUT2D eigenvalue weighted by Gasteiger charge is -2.41. The predicted octanol–water partition coefficient (Wildman–Crippen LogP) is -2.26. The number of carbonyl (C=O) groups excluding carboxylic acids is 1. The van der Waals surface area contributed by atoms with Crippen LogP contribution in [0.25, 0.3) is 0 Å². The molecule has 2 aliphatic rings. The monoisotopic (exact) mass is 231 g/mol. The Hall–Kier alpha value is -0.530. The molecular formula is C10H17NO5. The zero-order valence-corrected chi connectivity index (χ0v) is 8.90. The highest BCUT2D eigenvalue weighted by molar-refractivity contribution is 5.52. The van der Waals surface area contributed by atoms with Crippen LogP contribution in [0.4, 0.5) is 0 Å². The van der Waals surface area contributed by atoms with Crippen molar-refractivity contribution in [3.63, 3.8) is 0 Å². The molecule has 2 rings (SSSR count). The van der Waals surface area contributed by atoms with Gasteiger partial charge in [0, 0.05) is 6.54 Å². The minimum Gasteiger partial charge on any atom is -0.394 e. The zero-order valence-electron chi connectivity index (χ0n) is 8.90. The van der Waals surface area contributed by atoms with Crippen LogP contribution in [0.15, 0.2) is 0 Å². The maximum absolute atomic E-state index is 10.5. The molecule has 3 N–H and O–H groups in total. The Labute approximate surface area is 93.4 Å². The van der Waals surface area contributed by atoms with E-state index >= 15 is 0 Å². The van der Waals surface area contributed by atoms with Gasteiger partial charge in [-0.1, -0.05) is 0 Å². The number of aliphatic hydroxyl groups excluding tert-OH is 3. The SMILES string of the molecule is O=CCN1CC[C@H]2O[C@H](CO)[C@H](O)[C@H](O)[C@H]21. The van der Waals surface area contributed by atoms with E-state index in [-0.39, 0.29) is 25.3 Å². The second-order valence-corrected chi connectivity index (χ2v) is 4.32. The molecule has 2 aliphatic heterocycles. The van der Waals surface area contributed by atoms with Gasteiger partial charge in [0.05, 0.1) is 25.3 Å². The van der Waals surface area contributed by atoms with Crippen LogP contribution in [0.1, 0.15) is 6.42 Å². The molecule has 0 bridgehead atoms. The van der Waals surface area contributed by atoms with Crippen LogP contribution in [-0.4, -0.2) is 76.7 Å². The molecule has 0 radical (unpaired) electrons. The van der Waals surface area contributed by atoms with Gasteiger partial charge in [0.15, 0.2) is 0 Å². The third-order valence-electron chi connectivity index (χ3n) is 3.42. The molecule has 2 saturated heterocycles. The Morgan fingerprint density at radius 3 is 2.75 bits per heavy atom. The van der Waals surface area contributed by atoms with E-state index in [1.54, 1.807) is 4.90 Å². The van der Waals surface area contributed by atoms with E-state index in [1.807, 2.05) is 0 Å². The molecular weight excluding hydrogens is 214 g/mol. The first kappa shape index (κ1) is 11.9. The van der Waals surface area contributed by atoms with Gasteiger partial charge in [-0.25, -0.2) is 0 Å². The summed E-state index contributed by atoms with van der Waals surface area (Å²) < 4.78 is 5.50. The first-order chi connectivity index (χ1) is 7.69. The van der Waals surface area contributed by atoms with Gasteiger partial charge in [-0.05, 0) is 6.42 Å². The maximum Gasteiger partial charge on any atom is 0.133 e. The number of rotatable bonds is 3. The summed E-state index contributed by atoms with van der Waals surface area (Å²) in [7, 11) is 0. The molecule has 6 heteroatoms. The fourth-order valence-electron chi connectivity index (χ4n) is 2.62. The number of carbonyl (C=O) groups is 1. The van der Waals surface area contributed by atoms with Crippen LogP contribution in [-0.2, 0) is 9.53 Å². The number of hydrogen-bond acceptors (Lipinski definition) is 6. The molecule has 6 nitrogen and oxygen atoms in total.